The fraction of sp³-hybridized carbons (Fsp3) is 0.909. The number of urea groups is 1. The molecule has 0 aliphatic carbocycles. The lowest BCUT2D eigenvalue weighted by Crippen LogP contribution is -2.56. The maximum atomic E-state index is 11.6. The standard InChI is InChI=1S/C11H24N2O2/c1-6-7-11(5,8-14)13-9(15)12-10(2,3)4/h14H,6-8H2,1-5H3,(H2,12,13,15). The van der Waals surface area contributed by atoms with Crippen molar-refractivity contribution in [3.8, 4) is 0 Å². The zero-order valence-electron chi connectivity index (χ0n) is 10.5. The van der Waals surface area contributed by atoms with Crippen molar-refractivity contribution in [2.45, 2.75) is 58.5 Å². The third-order valence-corrected chi connectivity index (χ3v) is 2.05. The number of amides is 2. The van der Waals surface area contributed by atoms with E-state index in [4.69, 9.17) is 0 Å². The van der Waals surface area contributed by atoms with Gasteiger partial charge in [-0.15, -0.1) is 0 Å². The van der Waals surface area contributed by atoms with Gasteiger partial charge in [0.1, 0.15) is 0 Å². The summed E-state index contributed by atoms with van der Waals surface area (Å²) in [4.78, 5) is 11.6. The molecular formula is C11H24N2O2. The molecule has 1 unspecified atom stereocenters. The fourth-order valence-corrected chi connectivity index (χ4v) is 1.38. The van der Waals surface area contributed by atoms with Gasteiger partial charge in [-0.2, -0.15) is 0 Å². The van der Waals surface area contributed by atoms with Crippen molar-refractivity contribution >= 4 is 6.03 Å². The number of rotatable bonds is 4. The number of carbonyl (C=O) groups excluding carboxylic acids is 1. The molecule has 0 aromatic heterocycles. The molecule has 0 aliphatic rings. The van der Waals surface area contributed by atoms with E-state index in [9.17, 15) is 9.90 Å². The molecule has 3 N–H and O–H groups in total. The molecule has 0 spiro atoms. The Kier molecular flexibility index (Phi) is 5.08. The highest BCUT2D eigenvalue weighted by atomic mass is 16.3. The molecule has 90 valence electrons. The molecule has 0 fully saturated rings. The minimum atomic E-state index is -0.524. The summed E-state index contributed by atoms with van der Waals surface area (Å²) in [5, 5.41) is 14.8. The molecule has 0 heterocycles. The second kappa shape index (κ2) is 5.35. The first-order valence-electron chi connectivity index (χ1n) is 5.43. The van der Waals surface area contributed by atoms with Crippen LogP contribution in [0.4, 0.5) is 4.79 Å². The van der Waals surface area contributed by atoms with Crippen LogP contribution in [0.5, 0.6) is 0 Å². The third kappa shape index (κ3) is 6.33. The fourth-order valence-electron chi connectivity index (χ4n) is 1.38. The van der Waals surface area contributed by atoms with Gasteiger partial charge >= 0.3 is 6.03 Å². The average Bonchev–Trinajstić information content (AvgIpc) is 2.00. The predicted octanol–water partition coefficient (Wildman–Crippen LogP) is 1.64. The van der Waals surface area contributed by atoms with E-state index in [1.165, 1.54) is 0 Å². The summed E-state index contributed by atoms with van der Waals surface area (Å²) >= 11 is 0. The number of aliphatic hydroxyl groups is 1. The normalized spacial score (nSPS) is 15.6. The summed E-state index contributed by atoms with van der Waals surface area (Å²) in [6.45, 7) is 9.59. The average molecular weight is 216 g/mol. The maximum Gasteiger partial charge on any atom is 0.315 e. The van der Waals surface area contributed by atoms with Crippen molar-refractivity contribution in [3.05, 3.63) is 0 Å². The van der Waals surface area contributed by atoms with Crippen LogP contribution in [0.25, 0.3) is 0 Å². The molecule has 0 bridgehead atoms. The van der Waals surface area contributed by atoms with Crippen LogP contribution in [0.1, 0.15) is 47.5 Å². The molecule has 0 rings (SSSR count). The van der Waals surface area contributed by atoms with Crippen LogP contribution in [0, 0.1) is 0 Å². The lowest BCUT2D eigenvalue weighted by atomic mass is 9.97. The van der Waals surface area contributed by atoms with E-state index in [2.05, 4.69) is 10.6 Å². The number of carbonyl (C=O) groups is 1. The molecule has 15 heavy (non-hydrogen) atoms. The van der Waals surface area contributed by atoms with Crippen molar-refractivity contribution in [2.24, 2.45) is 0 Å². The first kappa shape index (κ1) is 14.2. The molecule has 4 nitrogen and oxygen atoms in total. The molecule has 0 aromatic carbocycles. The van der Waals surface area contributed by atoms with Crippen LogP contribution in [-0.4, -0.2) is 28.8 Å². The van der Waals surface area contributed by atoms with Gasteiger partial charge in [-0.25, -0.2) is 4.79 Å². The van der Waals surface area contributed by atoms with Gasteiger partial charge in [-0.1, -0.05) is 13.3 Å². The second-order valence-corrected chi connectivity index (χ2v) is 5.30. The Morgan fingerprint density at radius 1 is 1.20 bits per heavy atom. The van der Waals surface area contributed by atoms with E-state index in [-0.39, 0.29) is 18.2 Å². The van der Waals surface area contributed by atoms with Gasteiger partial charge in [0.15, 0.2) is 0 Å². The van der Waals surface area contributed by atoms with Crippen LogP contribution in [0.3, 0.4) is 0 Å². The number of aliphatic hydroxyl groups excluding tert-OH is 1. The Morgan fingerprint density at radius 2 is 1.73 bits per heavy atom. The van der Waals surface area contributed by atoms with Gasteiger partial charge in [-0.3, -0.25) is 0 Å². The van der Waals surface area contributed by atoms with Crippen molar-refractivity contribution < 1.29 is 9.90 Å². The van der Waals surface area contributed by atoms with E-state index >= 15 is 0 Å². The van der Waals surface area contributed by atoms with Gasteiger partial charge in [0.25, 0.3) is 0 Å². The molecule has 0 aromatic rings. The highest BCUT2D eigenvalue weighted by molar-refractivity contribution is 5.75. The Labute approximate surface area is 92.4 Å². The van der Waals surface area contributed by atoms with Crippen LogP contribution >= 0.6 is 0 Å². The van der Waals surface area contributed by atoms with Crippen molar-refractivity contribution in [1.82, 2.24) is 10.6 Å². The van der Waals surface area contributed by atoms with Gasteiger partial charge in [0.2, 0.25) is 0 Å². The lowest BCUT2D eigenvalue weighted by Gasteiger charge is -2.30. The summed E-state index contributed by atoms with van der Waals surface area (Å²) in [5.74, 6) is 0. The summed E-state index contributed by atoms with van der Waals surface area (Å²) in [6, 6.07) is -0.229. The highest BCUT2D eigenvalue weighted by Crippen LogP contribution is 2.11. The van der Waals surface area contributed by atoms with Gasteiger partial charge in [0.05, 0.1) is 12.1 Å². The van der Waals surface area contributed by atoms with E-state index in [0.717, 1.165) is 12.8 Å². The molecule has 2 amide bonds. The summed E-state index contributed by atoms with van der Waals surface area (Å²) in [6.07, 6.45) is 1.69. The predicted molar refractivity (Wildman–Crippen MR) is 61.8 cm³/mol. The van der Waals surface area contributed by atoms with E-state index in [1.54, 1.807) is 0 Å². The molecule has 4 heteroatoms. The van der Waals surface area contributed by atoms with Gasteiger partial charge in [0, 0.05) is 5.54 Å². The quantitative estimate of drug-likeness (QED) is 0.669. The Morgan fingerprint density at radius 3 is 2.07 bits per heavy atom. The van der Waals surface area contributed by atoms with E-state index in [0.29, 0.717) is 0 Å². The highest BCUT2D eigenvalue weighted by Gasteiger charge is 2.25. The number of hydrogen-bond acceptors (Lipinski definition) is 2. The lowest BCUT2D eigenvalue weighted by molar-refractivity contribution is 0.160. The second-order valence-electron chi connectivity index (χ2n) is 5.30. The topological polar surface area (TPSA) is 61.4 Å². The number of nitrogens with one attached hydrogen (secondary N) is 2. The maximum absolute atomic E-state index is 11.6. The van der Waals surface area contributed by atoms with Crippen LogP contribution in [0.2, 0.25) is 0 Å². The SMILES string of the molecule is CCCC(C)(CO)NC(=O)NC(C)(C)C. The molecule has 0 radical (unpaired) electrons. The summed E-state index contributed by atoms with van der Waals surface area (Å²) in [5.41, 5.74) is -0.781. The minimum Gasteiger partial charge on any atom is -0.394 e. The summed E-state index contributed by atoms with van der Waals surface area (Å²) in [7, 11) is 0. The van der Waals surface area contributed by atoms with Crippen LogP contribution in [-0.2, 0) is 0 Å². The zero-order valence-corrected chi connectivity index (χ0v) is 10.5. The van der Waals surface area contributed by atoms with Crippen LogP contribution < -0.4 is 10.6 Å². The molecule has 0 aliphatic heterocycles. The number of hydrogen-bond donors (Lipinski definition) is 3. The molecule has 0 saturated heterocycles. The Hall–Kier alpha value is -0.770. The summed E-state index contributed by atoms with van der Waals surface area (Å²) < 4.78 is 0. The molecule has 1 atom stereocenters. The van der Waals surface area contributed by atoms with Gasteiger partial charge < -0.3 is 15.7 Å². The van der Waals surface area contributed by atoms with Crippen molar-refractivity contribution in [1.29, 1.82) is 0 Å². The largest absolute Gasteiger partial charge is 0.394 e. The zero-order chi connectivity index (χ0) is 12.1. The van der Waals surface area contributed by atoms with Gasteiger partial charge in [-0.05, 0) is 34.1 Å². The first-order chi connectivity index (χ1) is 6.72. The van der Waals surface area contributed by atoms with E-state index < -0.39 is 5.54 Å². The smallest absolute Gasteiger partial charge is 0.315 e. The first-order valence-corrected chi connectivity index (χ1v) is 5.43. The molecular weight excluding hydrogens is 192 g/mol. The van der Waals surface area contributed by atoms with Crippen LogP contribution in [0.15, 0.2) is 0 Å². The Bertz CT molecular complexity index is 211. The van der Waals surface area contributed by atoms with Crippen molar-refractivity contribution in [2.75, 3.05) is 6.61 Å². The van der Waals surface area contributed by atoms with Crippen molar-refractivity contribution in [3.63, 3.8) is 0 Å². The third-order valence-electron chi connectivity index (χ3n) is 2.05. The minimum absolute atomic E-state index is 0.0433. The monoisotopic (exact) mass is 216 g/mol. The molecule has 0 saturated carbocycles. The van der Waals surface area contributed by atoms with E-state index in [1.807, 2.05) is 34.6 Å². The Balaban J connectivity index is 4.24.